The Bertz CT molecular complexity index is 1880. The molecule has 0 aliphatic carbocycles. The summed E-state index contributed by atoms with van der Waals surface area (Å²) >= 11 is 0. The summed E-state index contributed by atoms with van der Waals surface area (Å²) in [4.78, 5) is 2.11. The fraction of sp³-hybridized carbons (Fsp3) is 0.308. The predicted molar refractivity (Wildman–Crippen MR) is 184 cm³/mol. The van der Waals surface area contributed by atoms with Gasteiger partial charge in [-0.15, -0.1) is 12.3 Å². The van der Waals surface area contributed by atoms with Crippen LogP contribution in [0.1, 0.15) is 70.1 Å². The Balaban J connectivity index is 1.47. The van der Waals surface area contributed by atoms with Crippen molar-refractivity contribution in [1.82, 2.24) is 0 Å². The first-order valence-corrected chi connectivity index (χ1v) is 17.3. The Kier molecular flexibility index (Phi) is 9.30. The second-order valence-corrected chi connectivity index (χ2v) is 14.6. The summed E-state index contributed by atoms with van der Waals surface area (Å²) in [5.41, 5.74) is 8.00. The Hall–Kier alpha value is -4.20. The first-order chi connectivity index (χ1) is 21.7. The van der Waals surface area contributed by atoms with Crippen molar-refractivity contribution in [2.75, 3.05) is 11.4 Å². The summed E-state index contributed by atoms with van der Waals surface area (Å²) in [6, 6.07) is 21.7. The van der Waals surface area contributed by atoms with E-state index in [-0.39, 0.29) is 16.1 Å². The molecule has 2 heterocycles. The topological polar surface area (TPSA) is 86.5 Å². The summed E-state index contributed by atoms with van der Waals surface area (Å²) in [6.45, 7) is 14.9. The number of nitrogens with zero attached hydrogens (tertiary/aromatic N) is 2. The zero-order valence-electron chi connectivity index (χ0n) is 27.4. The van der Waals surface area contributed by atoms with Crippen molar-refractivity contribution in [3.63, 3.8) is 0 Å². The van der Waals surface area contributed by atoms with Crippen molar-refractivity contribution < 1.29 is 22.7 Å². The lowest BCUT2D eigenvalue weighted by Crippen LogP contribution is -2.28. The largest absolute Gasteiger partial charge is 0.876 e. The van der Waals surface area contributed by atoms with Crippen molar-refractivity contribution in [2.24, 2.45) is 0 Å². The van der Waals surface area contributed by atoms with E-state index in [1.807, 2.05) is 18.2 Å². The minimum absolute atomic E-state index is 0.0529. The monoisotopic (exact) mass is 635 g/mol. The van der Waals surface area contributed by atoms with E-state index in [1.54, 1.807) is 6.07 Å². The molecule has 0 fully saturated rings. The number of aryl methyl sites for hydroxylation is 1. The van der Waals surface area contributed by atoms with Crippen molar-refractivity contribution in [1.29, 1.82) is 0 Å². The average Bonchev–Trinajstić information content (AvgIpc) is 3.34. The molecule has 3 aromatic carbocycles. The van der Waals surface area contributed by atoms with Crippen LogP contribution in [0.2, 0.25) is 0 Å². The molecular weight excluding hydrogens is 593 g/mol. The third kappa shape index (κ3) is 6.53. The van der Waals surface area contributed by atoms with Gasteiger partial charge in [0.2, 0.25) is 5.69 Å². The quantitative estimate of drug-likeness (QED) is 0.0705. The molecule has 240 valence electrons. The van der Waals surface area contributed by atoms with Gasteiger partial charge in [0.15, 0.2) is 5.71 Å². The van der Waals surface area contributed by atoms with E-state index in [0.717, 1.165) is 41.9 Å². The molecule has 7 heteroatoms. The third-order valence-electron chi connectivity index (χ3n) is 9.18. The van der Waals surface area contributed by atoms with Gasteiger partial charge in [0.05, 0.1) is 10.3 Å². The normalized spacial score (nSPS) is 17.8. The lowest BCUT2D eigenvalue weighted by atomic mass is 9.81. The van der Waals surface area contributed by atoms with Crippen LogP contribution < -0.4 is 10.0 Å². The van der Waals surface area contributed by atoms with Gasteiger partial charge in [0, 0.05) is 46.6 Å². The zero-order valence-corrected chi connectivity index (χ0v) is 28.2. The fourth-order valence-corrected chi connectivity index (χ4v) is 7.21. The summed E-state index contributed by atoms with van der Waals surface area (Å²) in [5.74, 6) is -0.0529. The van der Waals surface area contributed by atoms with Crippen LogP contribution in [0.4, 0.5) is 17.1 Å². The van der Waals surface area contributed by atoms with Gasteiger partial charge < -0.3 is 14.6 Å². The van der Waals surface area contributed by atoms with E-state index in [0.29, 0.717) is 13.0 Å². The van der Waals surface area contributed by atoms with E-state index < -0.39 is 15.5 Å². The molecule has 5 rings (SSSR count). The molecule has 0 saturated heterocycles. The van der Waals surface area contributed by atoms with Gasteiger partial charge >= 0.3 is 0 Å². The van der Waals surface area contributed by atoms with Crippen LogP contribution in [0, 0.1) is 6.92 Å². The lowest BCUT2D eigenvalue weighted by molar-refractivity contribution is -0.438. The van der Waals surface area contributed by atoms with Crippen molar-refractivity contribution in [2.45, 2.75) is 76.0 Å². The number of benzene rings is 3. The molecule has 0 unspecified atom stereocenters. The summed E-state index contributed by atoms with van der Waals surface area (Å²) < 4.78 is 37.8. The lowest BCUT2D eigenvalue weighted by Gasteiger charge is -2.27. The van der Waals surface area contributed by atoms with E-state index in [4.69, 9.17) is 0 Å². The smallest absolute Gasteiger partial charge is 0.209 e. The number of anilines is 2. The van der Waals surface area contributed by atoms with E-state index in [1.165, 1.54) is 34.6 Å². The Labute approximate surface area is 274 Å². The number of hydrogen-bond donors (Lipinski definition) is 0. The Morgan fingerprint density at radius 1 is 0.891 bits per heavy atom. The van der Waals surface area contributed by atoms with Gasteiger partial charge in [0.25, 0.3) is 0 Å². The van der Waals surface area contributed by atoms with E-state index in [9.17, 15) is 18.1 Å². The number of para-hydroxylation sites is 1. The van der Waals surface area contributed by atoms with Crippen LogP contribution >= 0.6 is 0 Å². The predicted octanol–water partition coefficient (Wildman–Crippen LogP) is 7.84. The molecule has 3 aromatic rings. The number of rotatable bonds is 11. The molecular formula is C39H43N2O4S-. The molecule has 46 heavy (non-hydrogen) atoms. The second-order valence-electron chi connectivity index (χ2n) is 13.3. The van der Waals surface area contributed by atoms with E-state index in [2.05, 4.69) is 111 Å². The molecule has 0 spiro atoms. The molecule has 0 radical (unpaired) electrons. The minimum Gasteiger partial charge on any atom is -0.876 e. The van der Waals surface area contributed by atoms with Crippen LogP contribution in [-0.4, -0.2) is 29.8 Å². The highest BCUT2D eigenvalue weighted by Crippen LogP contribution is 2.51. The van der Waals surface area contributed by atoms with Crippen molar-refractivity contribution in [3.8, 4) is 0 Å². The first kappa shape index (κ1) is 33.2. The number of allylic oxidation sites excluding steroid dienone is 7. The number of fused-ring (bicyclic) bond motifs is 2. The molecule has 2 aliphatic rings. The average molecular weight is 636 g/mol. The van der Waals surface area contributed by atoms with Crippen molar-refractivity contribution >= 4 is 32.9 Å². The van der Waals surface area contributed by atoms with Crippen LogP contribution in [-0.2, 0) is 20.9 Å². The van der Waals surface area contributed by atoms with Gasteiger partial charge in [-0.1, -0.05) is 74.4 Å². The molecule has 0 aromatic heterocycles. The molecule has 2 aliphatic heterocycles. The van der Waals surface area contributed by atoms with Crippen LogP contribution in [0.25, 0.3) is 0 Å². The highest BCUT2D eigenvalue weighted by Gasteiger charge is 2.44. The van der Waals surface area contributed by atoms with E-state index >= 15 is 0 Å². The van der Waals surface area contributed by atoms with Gasteiger partial charge in [-0.05, 0) is 75.6 Å². The third-order valence-corrected chi connectivity index (χ3v) is 10.0. The Morgan fingerprint density at radius 3 is 2.33 bits per heavy atom. The van der Waals surface area contributed by atoms with Crippen LogP contribution in [0.15, 0.2) is 120 Å². The van der Waals surface area contributed by atoms with Crippen LogP contribution in [0.5, 0.6) is 0 Å². The van der Waals surface area contributed by atoms with Crippen LogP contribution in [0.3, 0.4) is 0 Å². The standard InChI is InChI=1S/C39H44N2O4S/c1-28-21-23-35-32(26-28)39(5,6)37(41(35)30-17-11-7-12-18-30)20-14-8-13-19-36-38(3,4)33-27-31(46(43,44)45)22-24-34(33)40(36)25-15-9-10-16-29(2)42/h7-8,11-14,17-24,26-27H,2,9-10,15-16,25H2,1,3-6H3,(H-,42,43,44,45)/p-1. The molecule has 0 bridgehead atoms. The summed E-state index contributed by atoms with van der Waals surface area (Å²) in [5, 5.41) is 11.3. The van der Waals surface area contributed by atoms with Gasteiger partial charge in [-0.2, -0.15) is 4.58 Å². The van der Waals surface area contributed by atoms with Crippen molar-refractivity contribution in [3.05, 3.63) is 132 Å². The minimum atomic E-state index is -4.59. The molecule has 0 N–H and O–H groups in total. The molecule has 0 atom stereocenters. The van der Waals surface area contributed by atoms with Gasteiger partial charge in [-0.25, -0.2) is 8.42 Å². The highest BCUT2D eigenvalue weighted by atomic mass is 32.2. The SMILES string of the molecule is C=C([O-])CCCCC[N+]1=C(C=CC=CC=C2N(c3ccccc3)c3ccc(C)cc3C2(C)C)C(C)(C)c2cc(S(=O)(=O)[O-])ccc21. The molecule has 0 saturated carbocycles. The number of unbranched alkanes of at least 4 members (excludes halogenated alkanes) is 2. The molecule has 0 amide bonds. The summed E-state index contributed by atoms with van der Waals surface area (Å²) in [6.07, 6.45) is 13.3. The summed E-state index contributed by atoms with van der Waals surface area (Å²) in [7, 11) is -4.59. The highest BCUT2D eigenvalue weighted by molar-refractivity contribution is 7.85. The van der Waals surface area contributed by atoms with Gasteiger partial charge in [-0.3, -0.25) is 0 Å². The van der Waals surface area contributed by atoms with Gasteiger partial charge in [0.1, 0.15) is 16.7 Å². The molecule has 6 nitrogen and oxygen atoms in total. The maximum atomic E-state index is 11.9. The maximum absolute atomic E-state index is 11.9. The first-order valence-electron chi connectivity index (χ1n) is 15.8. The number of hydrogen-bond acceptors (Lipinski definition) is 5. The fourth-order valence-electron chi connectivity index (χ4n) is 6.71. The zero-order chi connectivity index (χ0) is 33.3. The Morgan fingerprint density at radius 2 is 1.63 bits per heavy atom. The maximum Gasteiger partial charge on any atom is 0.209 e. The second kappa shape index (κ2) is 12.9.